The van der Waals surface area contributed by atoms with Gasteiger partial charge in [0.25, 0.3) is 0 Å². The van der Waals surface area contributed by atoms with Crippen LogP contribution in [0.25, 0.3) is 0 Å². The van der Waals surface area contributed by atoms with Gasteiger partial charge in [0.15, 0.2) is 5.82 Å². The summed E-state index contributed by atoms with van der Waals surface area (Å²) in [6.45, 7) is 0.642. The molecule has 1 aliphatic heterocycles. The molecule has 0 spiro atoms. The fourth-order valence-corrected chi connectivity index (χ4v) is 1.91. The fraction of sp³-hybridized carbons (Fsp3) is 0.444. The van der Waals surface area contributed by atoms with Crippen LogP contribution < -0.4 is 10.6 Å². The highest BCUT2D eigenvalue weighted by Crippen LogP contribution is 2.27. The van der Waals surface area contributed by atoms with Gasteiger partial charge in [0.1, 0.15) is 6.33 Å². The molecule has 1 saturated heterocycles. The van der Waals surface area contributed by atoms with E-state index in [9.17, 15) is 4.79 Å². The van der Waals surface area contributed by atoms with E-state index in [0.717, 1.165) is 0 Å². The van der Waals surface area contributed by atoms with E-state index in [1.807, 2.05) is 0 Å². The Morgan fingerprint density at radius 1 is 1.67 bits per heavy atom. The van der Waals surface area contributed by atoms with Crippen molar-refractivity contribution in [2.75, 3.05) is 22.9 Å². The number of thiol groups is 1. The molecule has 1 amide bonds. The Bertz CT molecular complexity index is 384. The van der Waals surface area contributed by atoms with Crippen molar-refractivity contribution in [3.63, 3.8) is 0 Å². The summed E-state index contributed by atoms with van der Waals surface area (Å²) in [5, 5.41) is 0. The Balaban J connectivity index is 2.25. The summed E-state index contributed by atoms with van der Waals surface area (Å²) in [7, 11) is 0. The second-order valence-electron chi connectivity index (χ2n) is 3.56. The van der Waals surface area contributed by atoms with Gasteiger partial charge in [-0.15, -0.1) is 0 Å². The molecule has 2 N–H and O–H groups in total. The number of carbonyl (C=O) groups is 1. The Morgan fingerprint density at radius 3 is 3.07 bits per heavy atom. The van der Waals surface area contributed by atoms with E-state index in [1.165, 1.54) is 12.5 Å². The number of rotatable bonds is 2. The van der Waals surface area contributed by atoms with Gasteiger partial charge in [0.2, 0.25) is 5.91 Å². The smallest absolute Gasteiger partial charge is 0.228 e. The van der Waals surface area contributed by atoms with Gasteiger partial charge >= 0.3 is 0 Å². The third-order valence-corrected chi connectivity index (χ3v) is 2.95. The number of aromatic nitrogens is 2. The number of hydrogen-bond acceptors (Lipinski definition) is 5. The molecular weight excluding hydrogens is 212 g/mol. The van der Waals surface area contributed by atoms with Crippen molar-refractivity contribution in [2.24, 2.45) is 5.92 Å². The van der Waals surface area contributed by atoms with E-state index in [4.69, 9.17) is 5.73 Å². The Morgan fingerprint density at radius 2 is 2.47 bits per heavy atom. The number of amides is 1. The first-order valence-corrected chi connectivity index (χ1v) is 5.32. The molecule has 0 saturated carbocycles. The molecule has 80 valence electrons. The average molecular weight is 224 g/mol. The van der Waals surface area contributed by atoms with Gasteiger partial charge < -0.3 is 5.73 Å². The van der Waals surface area contributed by atoms with Gasteiger partial charge in [0.05, 0.1) is 11.9 Å². The highest BCUT2D eigenvalue weighted by atomic mass is 32.1. The lowest BCUT2D eigenvalue weighted by Gasteiger charge is -2.16. The van der Waals surface area contributed by atoms with E-state index in [2.05, 4.69) is 22.6 Å². The second-order valence-corrected chi connectivity index (χ2v) is 3.92. The summed E-state index contributed by atoms with van der Waals surface area (Å²) >= 11 is 4.19. The van der Waals surface area contributed by atoms with Gasteiger partial charge in [-0.25, -0.2) is 9.97 Å². The Labute approximate surface area is 93.1 Å². The van der Waals surface area contributed by atoms with E-state index in [0.29, 0.717) is 30.2 Å². The van der Waals surface area contributed by atoms with E-state index in [1.54, 1.807) is 4.90 Å². The maximum absolute atomic E-state index is 11.7. The normalized spacial score (nSPS) is 21.0. The fourth-order valence-electron chi connectivity index (χ4n) is 1.67. The van der Waals surface area contributed by atoms with Crippen LogP contribution in [-0.4, -0.2) is 28.2 Å². The number of anilines is 2. The third-order valence-electron chi connectivity index (χ3n) is 2.44. The highest BCUT2D eigenvalue weighted by molar-refractivity contribution is 7.80. The minimum atomic E-state index is 0.0550. The molecule has 15 heavy (non-hydrogen) atoms. The lowest BCUT2D eigenvalue weighted by Crippen LogP contribution is -2.26. The molecule has 0 aromatic carbocycles. The van der Waals surface area contributed by atoms with Crippen LogP contribution in [0.1, 0.15) is 6.42 Å². The monoisotopic (exact) mass is 224 g/mol. The first kappa shape index (κ1) is 10.2. The minimum absolute atomic E-state index is 0.0550. The average Bonchev–Trinajstić information content (AvgIpc) is 2.60. The number of nitrogens with two attached hydrogens (primary N) is 1. The van der Waals surface area contributed by atoms with E-state index < -0.39 is 0 Å². The first-order chi connectivity index (χ1) is 7.22. The molecule has 1 aromatic rings. The summed E-state index contributed by atoms with van der Waals surface area (Å²) in [6, 6.07) is 0. The van der Waals surface area contributed by atoms with Crippen molar-refractivity contribution in [1.29, 1.82) is 0 Å². The van der Waals surface area contributed by atoms with Crippen molar-refractivity contribution >= 4 is 30.0 Å². The largest absolute Gasteiger partial charge is 0.394 e. The van der Waals surface area contributed by atoms with Crippen LogP contribution in [0.5, 0.6) is 0 Å². The van der Waals surface area contributed by atoms with Crippen LogP contribution in [0.4, 0.5) is 11.5 Å². The second kappa shape index (κ2) is 4.06. The predicted octanol–water partition coefficient (Wildman–Crippen LogP) is 0.342. The molecule has 1 aliphatic rings. The molecule has 6 heteroatoms. The minimum Gasteiger partial charge on any atom is -0.394 e. The van der Waals surface area contributed by atoms with Crippen molar-refractivity contribution < 1.29 is 4.79 Å². The number of hydrogen-bond donors (Lipinski definition) is 2. The summed E-state index contributed by atoms with van der Waals surface area (Å²) in [5.41, 5.74) is 6.15. The summed E-state index contributed by atoms with van der Waals surface area (Å²) in [6.07, 6.45) is 3.42. The number of nitrogens with zero attached hydrogens (tertiary/aromatic N) is 3. The molecule has 0 aliphatic carbocycles. The van der Waals surface area contributed by atoms with Gasteiger partial charge in [-0.05, 0) is 11.7 Å². The Hall–Kier alpha value is -1.30. The van der Waals surface area contributed by atoms with Crippen LogP contribution in [0.15, 0.2) is 12.5 Å². The predicted molar refractivity (Wildman–Crippen MR) is 60.8 cm³/mol. The van der Waals surface area contributed by atoms with Crippen LogP contribution in [0.3, 0.4) is 0 Å². The SMILES string of the molecule is Nc1cncnc1N1CC(CS)CC1=O. The van der Waals surface area contributed by atoms with Crippen molar-refractivity contribution in [2.45, 2.75) is 6.42 Å². The number of carbonyl (C=O) groups excluding carboxylic acids is 1. The lowest BCUT2D eigenvalue weighted by molar-refractivity contribution is -0.117. The van der Waals surface area contributed by atoms with E-state index in [-0.39, 0.29) is 11.8 Å². The molecule has 5 nitrogen and oxygen atoms in total. The Kier molecular flexibility index (Phi) is 2.77. The molecule has 1 fully saturated rings. The molecule has 1 aromatic heterocycles. The zero-order valence-electron chi connectivity index (χ0n) is 8.13. The molecule has 1 atom stereocenters. The highest BCUT2D eigenvalue weighted by Gasteiger charge is 2.31. The molecule has 2 heterocycles. The zero-order valence-corrected chi connectivity index (χ0v) is 9.02. The third kappa shape index (κ3) is 1.90. The molecule has 0 bridgehead atoms. The number of nitrogen functional groups attached to an aromatic ring is 1. The maximum Gasteiger partial charge on any atom is 0.228 e. The quantitative estimate of drug-likeness (QED) is 0.711. The first-order valence-electron chi connectivity index (χ1n) is 4.69. The molecular formula is C9H12N4OS. The van der Waals surface area contributed by atoms with Crippen LogP contribution in [0.2, 0.25) is 0 Å². The molecule has 1 unspecified atom stereocenters. The lowest BCUT2D eigenvalue weighted by atomic mass is 10.1. The van der Waals surface area contributed by atoms with Gasteiger partial charge in [-0.1, -0.05) is 0 Å². The summed E-state index contributed by atoms with van der Waals surface area (Å²) in [4.78, 5) is 21.1. The van der Waals surface area contributed by atoms with Gasteiger partial charge in [-0.3, -0.25) is 9.69 Å². The van der Waals surface area contributed by atoms with Crippen LogP contribution in [0, 0.1) is 5.92 Å². The van der Waals surface area contributed by atoms with Gasteiger partial charge in [-0.2, -0.15) is 12.6 Å². The topological polar surface area (TPSA) is 72.1 Å². The van der Waals surface area contributed by atoms with E-state index >= 15 is 0 Å². The van der Waals surface area contributed by atoms with Crippen molar-refractivity contribution in [3.8, 4) is 0 Å². The molecule has 0 radical (unpaired) electrons. The van der Waals surface area contributed by atoms with Crippen LogP contribution in [-0.2, 0) is 4.79 Å². The molecule has 2 rings (SSSR count). The van der Waals surface area contributed by atoms with Gasteiger partial charge in [0, 0.05) is 13.0 Å². The van der Waals surface area contributed by atoms with Crippen LogP contribution >= 0.6 is 12.6 Å². The van der Waals surface area contributed by atoms with Crippen molar-refractivity contribution in [3.05, 3.63) is 12.5 Å². The standard InChI is InChI=1S/C9H12N4OS/c10-7-2-11-5-12-9(7)13-3-6(4-15)1-8(13)14/h2,5-6,15H,1,3-4,10H2. The zero-order chi connectivity index (χ0) is 10.8. The summed E-state index contributed by atoms with van der Waals surface area (Å²) in [5.74, 6) is 1.56. The summed E-state index contributed by atoms with van der Waals surface area (Å²) < 4.78 is 0. The van der Waals surface area contributed by atoms with Crippen molar-refractivity contribution in [1.82, 2.24) is 9.97 Å². The maximum atomic E-state index is 11.7.